The molecule has 128 valence electrons. The van der Waals surface area contributed by atoms with Crippen LogP contribution in [0.1, 0.15) is 36.0 Å². The third kappa shape index (κ3) is 3.89. The number of nitrogens with one attached hydrogen (secondary N) is 1. The summed E-state index contributed by atoms with van der Waals surface area (Å²) in [6.45, 7) is -0.387. The van der Waals surface area contributed by atoms with Crippen molar-refractivity contribution in [3.8, 4) is 11.8 Å². The number of rotatable bonds is 5. The van der Waals surface area contributed by atoms with Gasteiger partial charge in [0.05, 0.1) is 11.6 Å². The summed E-state index contributed by atoms with van der Waals surface area (Å²) in [6.07, 6.45) is 6.94. The lowest BCUT2D eigenvalue weighted by atomic mass is 10.00. The van der Waals surface area contributed by atoms with Crippen molar-refractivity contribution >= 4 is 11.9 Å². The van der Waals surface area contributed by atoms with Crippen LogP contribution >= 0.6 is 0 Å². The van der Waals surface area contributed by atoms with Crippen molar-refractivity contribution in [2.75, 3.05) is 6.61 Å². The number of nitriles is 1. The van der Waals surface area contributed by atoms with Crippen molar-refractivity contribution in [2.45, 2.75) is 31.2 Å². The average Bonchev–Trinajstić information content (AvgIpc) is 3.32. The molecule has 1 aromatic heterocycles. The maximum absolute atomic E-state index is 12.1. The van der Waals surface area contributed by atoms with Crippen LogP contribution in [0.15, 0.2) is 48.8 Å². The fourth-order valence-electron chi connectivity index (χ4n) is 3.04. The van der Waals surface area contributed by atoms with E-state index in [4.69, 9.17) is 4.74 Å². The topological polar surface area (TPSA) is 84.1 Å². The molecular weight excluding hydrogens is 318 g/mol. The van der Waals surface area contributed by atoms with Gasteiger partial charge in [-0.15, -0.1) is 0 Å². The Balaban J connectivity index is 1.54. The number of ether oxygens (including phenoxy) is 1. The van der Waals surface area contributed by atoms with E-state index in [0.717, 1.165) is 18.5 Å². The molecule has 1 aliphatic rings. The van der Waals surface area contributed by atoms with Gasteiger partial charge in [-0.25, -0.2) is 4.79 Å². The van der Waals surface area contributed by atoms with Crippen LogP contribution < -0.4 is 5.32 Å². The van der Waals surface area contributed by atoms with Crippen LogP contribution in [-0.2, 0) is 9.53 Å². The van der Waals surface area contributed by atoms with Crippen LogP contribution in [0.4, 0.5) is 0 Å². The Kier molecular flexibility index (Phi) is 4.85. The van der Waals surface area contributed by atoms with E-state index >= 15 is 0 Å². The van der Waals surface area contributed by atoms with Crippen molar-refractivity contribution in [3.63, 3.8) is 0 Å². The maximum atomic E-state index is 12.1. The van der Waals surface area contributed by atoms with E-state index < -0.39 is 17.4 Å². The van der Waals surface area contributed by atoms with Crippen LogP contribution in [0.2, 0.25) is 0 Å². The second-order valence-corrected chi connectivity index (χ2v) is 6.16. The monoisotopic (exact) mass is 337 g/mol. The second-order valence-electron chi connectivity index (χ2n) is 6.16. The highest BCUT2D eigenvalue weighted by atomic mass is 16.5. The number of carbonyl (C=O) groups is 2. The molecule has 1 amide bonds. The fourth-order valence-corrected chi connectivity index (χ4v) is 3.04. The third-order valence-corrected chi connectivity index (χ3v) is 4.39. The lowest BCUT2D eigenvalue weighted by molar-refractivity contribution is -0.125. The number of hydrogen-bond donors (Lipinski definition) is 1. The van der Waals surface area contributed by atoms with E-state index in [2.05, 4.69) is 11.4 Å². The molecule has 2 aromatic rings. The number of esters is 1. The molecule has 6 heteroatoms. The Bertz CT molecular complexity index is 782. The quantitative estimate of drug-likeness (QED) is 0.850. The highest BCUT2D eigenvalue weighted by Crippen LogP contribution is 2.28. The van der Waals surface area contributed by atoms with E-state index in [-0.39, 0.29) is 6.61 Å². The van der Waals surface area contributed by atoms with Gasteiger partial charge in [-0.05, 0) is 62.1 Å². The second kappa shape index (κ2) is 7.22. The molecule has 0 saturated heterocycles. The predicted molar refractivity (Wildman–Crippen MR) is 91.0 cm³/mol. The molecule has 0 unspecified atom stereocenters. The van der Waals surface area contributed by atoms with Crippen LogP contribution in [0.25, 0.3) is 5.69 Å². The van der Waals surface area contributed by atoms with Crippen LogP contribution in [0, 0.1) is 11.3 Å². The van der Waals surface area contributed by atoms with Crippen molar-refractivity contribution in [3.05, 3.63) is 54.4 Å². The van der Waals surface area contributed by atoms with Gasteiger partial charge in [0.1, 0.15) is 5.54 Å². The molecule has 0 atom stereocenters. The molecule has 1 N–H and O–H groups in total. The highest BCUT2D eigenvalue weighted by molar-refractivity contribution is 5.91. The standard InChI is InChI=1S/C19H19N3O3/c20-14-19(9-1-2-10-19)21-17(23)13-25-18(24)15-5-7-16(8-6-15)22-11-3-4-12-22/h3-8,11-12H,1-2,9-10,13H2,(H,21,23). The van der Waals surface area contributed by atoms with Crippen molar-refractivity contribution in [2.24, 2.45) is 0 Å². The van der Waals surface area contributed by atoms with Crippen molar-refractivity contribution in [1.82, 2.24) is 9.88 Å². The minimum absolute atomic E-state index is 0.375. The summed E-state index contributed by atoms with van der Waals surface area (Å²) >= 11 is 0. The summed E-state index contributed by atoms with van der Waals surface area (Å²) < 4.78 is 6.98. The zero-order chi connectivity index (χ0) is 17.7. The van der Waals surface area contributed by atoms with Crippen LogP contribution in [-0.4, -0.2) is 28.6 Å². The van der Waals surface area contributed by atoms with Gasteiger partial charge in [0, 0.05) is 18.1 Å². The molecule has 0 aliphatic heterocycles. The molecule has 1 saturated carbocycles. The number of amides is 1. The lowest BCUT2D eigenvalue weighted by Gasteiger charge is -2.21. The molecular formula is C19H19N3O3. The number of carbonyl (C=O) groups excluding carboxylic acids is 2. The van der Waals surface area contributed by atoms with Crippen molar-refractivity contribution in [1.29, 1.82) is 5.26 Å². The van der Waals surface area contributed by atoms with E-state index in [1.165, 1.54) is 0 Å². The Morgan fingerprint density at radius 2 is 1.80 bits per heavy atom. The van der Waals surface area contributed by atoms with Gasteiger partial charge in [0.2, 0.25) is 0 Å². The van der Waals surface area contributed by atoms with Gasteiger partial charge < -0.3 is 14.6 Å². The van der Waals surface area contributed by atoms with Gasteiger partial charge in [-0.2, -0.15) is 5.26 Å². The lowest BCUT2D eigenvalue weighted by Crippen LogP contribution is -2.46. The van der Waals surface area contributed by atoms with E-state index in [1.807, 2.05) is 29.1 Å². The van der Waals surface area contributed by atoms with Gasteiger partial charge in [-0.3, -0.25) is 4.79 Å². The van der Waals surface area contributed by atoms with Gasteiger partial charge in [-0.1, -0.05) is 0 Å². The van der Waals surface area contributed by atoms with Gasteiger partial charge in [0.25, 0.3) is 5.91 Å². The molecule has 1 aromatic carbocycles. The average molecular weight is 337 g/mol. The molecule has 0 bridgehead atoms. The van der Waals surface area contributed by atoms with Gasteiger partial charge >= 0.3 is 5.97 Å². The Morgan fingerprint density at radius 3 is 2.40 bits per heavy atom. The maximum Gasteiger partial charge on any atom is 0.338 e. The molecule has 1 aliphatic carbocycles. The molecule has 0 spiro atoms. The summed E-state index contributed by atoms with van der Waals surface area (Å²) in [5.41, 5.74) is 0.498. The molecule has 1 fully saturated rings. The molecule has 1 heterocycles. The SMILES string of the molecule is N#CC1(NC(=O)COC(=O)c2ccc(-n3cccc3)cc2)CCCC1. The zero-order valence-electron chi connectivity index (χ0n) is 13.8. The van der Waals surface area contributed by atoms with E-state index in [1.54, 1.807) is 24.3 Å². The largest absolute Gasteiger partial charge is 0.452 e. The first-order valence-electron chi connectivity index (χ1n) is 8.25. The number of benzene rings is 1. The van der Waals surface area contributed by atoms with Crippen LogP contribution in [0.5, 0.6) is 0 Å². The summed E-state index contributed by atoms with van der Waals surface area (Å²) in [7, 11) is 0. The van der Waals surface area contributed by atoms with Gasteiger partial charge in [0.15, 0.2) is 6.61 Å². The zero-order valence-corrected chi connectivity index (χ0v) is 13.8. The molecule has 6 nitrogen and oxygen atoms in total. The summed E-state index contributed by atoms with van der Waals surface area (Å²) in [5.74, 6) is -1.01. The summed E-state index contributed by atoms with van der Waals surface area (Å²) in [6, 6.07) is 12.9. The number of hydrogen-bond acceptors (Lipinski definition) is 4. The molecule has 25 heavy (non-hydrogen) atoms. The molecule has 0 radical (unpaired) electrons. The smallest absolute Gasteiger partial charge is 0.338 e. The minimum Gasteiger partial charge on any atom is -0.452 e. The third-order valence-electron chi connectivity index (χ3n) is 4.39. The normalized spacial score (nSPS) is 15.3. The van der Waals surface area contributed by atoms with Crippen LogP contribution in [0.3, 0.4) is 0 Å². The highest BCUT2D eigenvalue weighted by Gasteiger charge is 2.35. The Morgan fingerprint density at radius 1 is 1.16 bits per heavy atom. The van der Waals surface area contributed by atoms with E-state index in [9.17, 15) is 14.9 Å². The minimum atomic E-state index is -0.804. The Hall–Kier alpha value is -3.07. The summed E-state index contributed by atoms with van der Waals surface area (Å²) in [5, 5.41) is 11.9. The van der Waals surface area contributed by atoms with E-state index in [0.29, 0.717) is 18.4 Å². The van der Waals surface area contributed by atoms with Crippen molar-refractivity contribution < 1.29 is 14.3 Å². The summed E-state index contributed by atoms with van der Waals surface area (Å²) in [4.78, 5) is 24.0. The Labute approximate surface area is 146 Å². The number of aromatic nitrogens is 1. The molecule has 3 rings (SSSR count). The number of nitrogens with zero attached hydrogens (tertiary/aromatic N) is 2. The predicted octanol–water partition coefficient (Wildman–Crippen LogP) is 2.59. The first-order chi connectivity index (χ1) is 12.1. The first kappa shape index (κ1) is 16.8. The fraction of sp³-hybridized carbons (Fsp3) is 0.316. The first-order valence-corrected chi connectivity index (χ1v) is 8.25.